The van der Waals surface area contributed by atoms with Crippen LogP contribution in [0.5, 0.6) is 5.75 Å². The summed E-state index contributed by atoms with van der Waals surface area (Å²) < 4.78 is 5.37. The van der Waals surface area contributed by atoms with Crippen LogP contribution in [0.4, 0.5) is 5.82 Å². The van der Waals surface area contributed by atoms with E-state index >= 15 is 0 Å². The Bertz CT molecular complexity index is 819. The highest BCUT2D eigenvalue weighted by atomic mass is 16.5. The highest BCUT2D eigenvalue weighted by Crippen LogP contribution is 2.15. The number of rotatable bonds is 7. The minimum absolute atomic E-state index is 0.129. The predicted molar refractivity (Wildman–Crippen MR) is 114 cm³/mol. The molecule has 154 valence electrons. The van der Waals surface area contributed by atoms with Crippen LogP contribution in [0, 0.1) is 0 Å². The summed E-state index contributed by atoms with van der Waals surface area (Å²) in [5.41, 5.74) is 6.14. The van der Waals surface area contributed by atoms with E-state index in [4.69, 9.17) is 15.5 Å². The number of benzene rings is 1. The van der Waals surface area contributed by atoms with Crippen LogP contribution < -0.4 is 20.7 Å². The van der Waals surface area contributed by atoms with Crippen molar-refractivity contribution in [2.75, 3.05) is 44.2 Å². The third-order valence-electron chi connectivity index (χ3n) is 4.58. The first-order valence-electron chi connectivity index (χ1n) is 9.85. The zero-order chi connectivity index (χ0) is 20.5. The first kappa shape index (κ1) is 20.4. The molecule has 3 rings (SSSR count). The lowest BCUT2D eigenvalue weighted by Gasteiger charge is -2.37. The molecule has 0 aliphatic carbocycles. The number of pyridine rings is 1. The Hall–Kier alpha value is -3.29. The number of carbonyl (C=O) groups is 1. The van der Waals surface area contributed by atoms with Crippen LogP contribution in [0.2, 0.25) is 0 Å². The summed E-state index contributed by atoms with van der Waals surface area (Å²) in [6, 6.07) is 13.6. The molecule has 2 aromatic rings. The second-order valence-electron chi connectivity index (χ2n) is 6.73. The van der Waals surface area contributed by atoms with Gasteiger partial charge < -0.3 is 25.6 Å². The Labute approximate surface area is 171 Å². The molecule has 1 saturated heterocycles. The van der Waals surface area contributed by atoms with Crippen LogP contribution in [0.25, 0.3) is 0 Å². The monoisotopic (exact) mass is 396 g/mol. The quantitative estimate of drug-likeness (QED) is 0.540. The Morgan fingerprint density at radius 2 is 2.03 bits per heavy atom. The van der Waals surface area contributed by atoms with Gasteiger partial charge in [0.15, 0.2) is 12.6 Å². The van der Waals surface area contributed by atoms with E-state index in [2.05, 4.69) is 27.0 Å². The third-order valence-corrected chi connectivity index (χ3v) is 4.58. The molecule has 1 aliphatic heterocycles. The molecule has 1 aromatic heterocycles. The average molecular weight is 396 g/mol. The van der Waals surface area contributed by atoms with Crippen molar-refractivity contribution in [3.63, 3.8) is 0 Å². The number of aromatic nitrogens is 1. The number of nitrogens with zero attached hydrogens (tertiary/aromatic N) is 4. The van der Waals surface area contributed by atoms with E-state index in [1.807, 2.05) is 42.6 Å². The number of carbonyl (C=O) groups excluding carboxylic acids is 1. The highest BCUT2D eigenvalue weighted by molar-refractivity contribution is 5.80. The summed E-state index contributed by atoms with van der Waals surface area (Å²) in [6.07, 6.45) is 1.83. The van der Waals surface area contributed by atoms with E-state index < -0.39 is 5.91 Å². The second kappa shape index (κ2) is 10.3. The topological polar surface area (TPSA) is 96.1 Å². The van der Waals surface area contributed by atoms with Gasteiger partial charge in [-0.25, -0.2) is 9.98 Å². The van der Waals surface area contributed by atoms with Crippen molar-refractivity contribution in [2.24, 2.45) is 10.7 Å². The summed E-state index contributed by atoms with van der Waals surface area (Å²) >= 11 is 0. The molecule has 2 heterocycles. The normalized spacial score (nSPS) is 14.6. The van der Waals surface area contributed by atoms with E-state index in [-0.39, 0.29) is 6.61 Å². The molecule has 0 bridgehead atoms. The number of hydrogen-bond acceptors (Lipinski definition) is 5. The van der Waals surface area contributed by atoms with Crippen molar-refractivity contribution >= 4 is 17.7 Å². The minimum Gasteiger partial charge on any atom is -0.484 e. The molecule has 1 amide bonds. The van der Waals surface area contributed by atoms with Gasteiger partial charge in [-0.2, -0.15) is 0 Å². The first-order chi connectivity index (χ1) is 14.2. The zero-order valence-corrected chi connectivity index (χ0v) is 16.8. The standard InChI is InChI=1S/C21H28N6O2/c1-2-23-21(25-15-17-6-5-7-18(14-17)29-16-19(22)28)27-12-10-26(11-13-27)20-8-3-4-9-24-20/h3-9,14H,2,10-13,15-16H2,1H3,(H2,22,28)(H,23,25). The van der Waals surface area contributed by atoms with Crippen molar-refractivity contribution in [1.82, 2.24) is 15.2 Å². The minimum atomic E-state index is -0.493. The number of hydrogen-bond donors (Lipinski definition) is 2. The van der Waals surface area contributed by atoms with E-state index in [9.17, 15) is 4.79 Å². The lowest BCUT2D eigenvalue weighted by Crippen LogP contribution is -2.52. The van der Waals surface area contributed by atoms with Gasteiger partial charge in [-0.05, 0) is 36.8 Å². The van der Waals surface area contributed by atoms with Gasteiger partial charge in [-0.15, -0.1) is 0 Å². The number of piperazine rings is 1. The average Bonchev–Trinajstić information content (AvgIpc) is 2.76. The lowest BCUT2D eigenvalue weighted by atomic mass is 10.2. The Morgan fingerprint density at radius 1 is 1.21 bits per heavy atom. The van der Waals surface area contributed by atoms with Crippen LogP contribution in [0.1, 0.15) is 12.5 Å². The summed E-state index contributed by atoms with van der Waals surface area (Å²) in [6.45, 7) is 6.83. The molecule has 0 saturated carbocycles. The maximum absolute atomic E-state index is 10.9. The molecule has 0 radical (unpaired) electrons. The third kappa shape index (κ3) is 6.10. The molecule has 8 nitrogen and oxygen atoms in total. The van der Waals surface area contributed by atoms with Crippen LogP contribution in [-0.4, -0.2) is 61.1 Å². The Morgan fingerprint density at radius 3 is 2.72 bits per heavy atom. The van der Waals surface area contributed by atoms with Crippen LogP contribution in [-0.2, 0) is 11.3 Å². The van der Waals surface area contributed by atoms with Crippen molar-refractivity contribution in [3.8, 4) is 5.75 Å². The molecule has 1 fully saturated rings. The fourth-order valence-corrected chi connectivity index (χ4v) is 3.17. The number of primary amides is 1. The molecular weight excluding hydrogens is 368 g/mol. The van der Waals surface area contributed by atoms with Crippen molar-refractivity contribution in [3.05, 3.63) is 54.2 Å². The fraction of sp³-hybridized carbons (Fsp3) is 0.381. The number of amides is 1. The second-order valence-corrected chi connectivity index (χ2v) is 6.73. The highest BCUT2D eigenvalue weighted by Gasteiger charge is 2.20. The summed E-state index contributed by atoms with van der Waals surface area (Å²) in [4.78, 5) is 24.7. The number of ether oxygens (including phenoxy) is 1. The van der Waals surface area contributed by atoms with Gasteiger partial charge in [0.25, 0.3) is 5.91 Å². The SMILES string of the molecule is CCNC(=NCc1cccc(OCC(N)=O)c1)N1CCN(c2ccccn2)CC1. The molecule has 1 aromatic carbocycles. The molecule has 3 N–H and O–H groups in total. The molecule has 8 heteroatoms. The van der Waals surface area contributed by atoms with E-state index in [0.717, 1.165) is 50.1 Å². The van der Waals surface area contributed by atoms with Crippen molar-refractivity contribution < 1.29 is 9.53 Å². The largest absolute Gasteiger partial charge is 0.484 e. The smallest absolute Gasteiger partial charge is 0.255 e. The van der Waals surface area contributed by atoms with Crippen LogP contribution >= 0.6 is 0 Å². The number of aliphatic imine (C=N–C) groups is 1. The maximum Gasteiger partial charge on any atom is 0.255 e. The molecular formula is C21H28N6O2. The van der Waals surface area contributed by atoms with Crippen LogP contribution in [0.3, 0.4) is 0 Å². The van der Waals surface area contributed by atoms with Crippen molar-refractivity contribution in [2.45, 2.75) is 13.5 Å². The van der Waals surface area contributed by atoms with Gasteiger partial charge >= 0.3 is 0 Å². The molecule has 0 unspecified atom stereocenters. The van der Waals surface area contributed by atoms with Gasteiger partial charge in [0.1, 0.15) is 11.6 Å². The number of nitrogens with one attached hydrogen (secondary N) is 1. The van der Waals surface area contributed by atoms with E-state index in [1.165, 1.54) is 0 Å². The maximum atomic E-state index is 10.9. The summed E-state index contributed by atoms with van der Waals surface area (Å²) in [7, 11) is 0. The van der Waals surface area contributed by atoms with Gasteiger partial charge in [-0.1, -0.05) is 18.2 Å². The summed E-state index contributed by atoms with van der Waals surface area (Å²) in [5, 5.41) is 3.38. The predicted octanol–water partition coefficient (Wildman–Crippen LogP) is 1.23. The molecule has 29 heavy (non-hydrogen) atoms. The molecule has 1 aliphatic rings. The van der Waals surface area contributed by atoms with E-state index in [1.54, 1.807) is 6.07 Å². The summed E-state index contributed by atoms with van der Waals surface area (Å²) in [5.74, 6) is 2.04. The zero-order valence-electron chi connectivity index (χ0n) is 16.8. The van der Waals surface area contributed by atoms with Gasteiger partial charge in [-0.3, -0.25) is 4.79 Å². The molecule has 0 spiro atoms. The first-order valence-corrected chi connectivity index (χ1v) is 9.85. The number of guanidine groups is 1. The fourth-order valence-electron chi connectivity index (χ4n) is 3.17. The van der Waals surface area contributed by atoms with Crippen LogP contribution in [0.15, 0.2) is 53.7 Å². The lowest BCUT2D eigenvalue weighted by molar-refractivity contribution is -0.119. The molecule has 0 atom stereocenters. The number of nitrogens with two attached hydrogens (primary N) is 1. The van der Waals surface area contributed by atoms with Gasteiger partial charge in [0, 0.05) is 38.9 Å². The number of anilines is 1. The van der Waals surface area contributed by atoms with Gasteiger partial charge in [0.2, 0.25) is 0 Å². The Balaban J connectivity index is 1.60. The van der Waals surface area contributed by atoms with E-state index in [0.29, 0.717) is 12.3 Å². The Kier molecular flexibility index (Phi) is 7.27. The van der Waals surface area contributed by atoms with Crippen molar-refractivity contribution in [1.29, 1.82) is 0 Å². The van der Waals surface area contributed by atoms with Gasteiger partial charge in [0.05, 0.1) is 6.54 Å².